The minimum Gasteiger partial charge on any atom is -0.344 e. The molecule has 2 aromatic carbocycles. The fraction of sp³-hybridized carbons (Fsp3) is 0.419. The molecule has 4 unspecified atom stereocenters. The number of carbonyl (C=O) groups excluding carboxylic acids is 4. The van der Waals surface area contributed by atoms with Crippen molar-refractivity contribution in [3.8, 4) is 0 Å². The van der Waals surface area contributed by atoms with Gasteiger partial charge in [0.05, 0.1) is 12.1 Å². The molecule has 12 heteroatoms. The minimum atomic E-state index is -0.721. The summed E-state index contributed by atoms with van der Waals surface area (Å²) in [6.45, 7) is 1.23. The van der Waals surface area contributed by atoms with E-state index in [-0.39, 0.29) is 47.5 Å². The van der Waals surface area contributed by atoms with Crippen molar-refractivity contribution in [1.29, 1.82) is 0 Å². The molecule has 55 heavy (non-hydrogen) atoms. The number of carbonyl (C=O) groups is 4. The summed E-state index contributed by atoms with van der Waals surface area (Å²) >= 11 is 0. The first-order valence-corrected chi connectivity index (χ1v) is 19.7. The van der Waals surface area contributed by atoms with E-state index in [0.29, 0.717) is 25.9 Å². The van der Waals surface area contributed by atoms with Gasteiger partial charge < -0.3 is 30.4 Å². The molecule has 4 amide bonds. The lowest BCUT2D eigenvalue weighted by Gasteiger charge is -2.28. The lowest BCUT2D eigenvalue weighted by atomic mass is 10.0. The highest BCUT2D eigenvalue weighted by molar-refractivity contribution is 5.91. The zero-order chi connectivity index (χ0) is 37.7. The van der Waals surface area contributed by atoms with Gasteiger partial charge in [-0.25, -0.2) is 9.97 Å². The van der Waals surface area contributed by atoms with E-state index >= 15 is 0 Å². The highest BCUT2D eigenvalue weighted by Crippen LogP contribution is 2.36. The molecule has 2 saturated carbocycles. The van der Waals surface area contributed by atoms with Crippen LogP contribution in [0.15, 0.2) is 90.9 Å². The first kappa shape index (κ1) is 36.2. The van der Waals surface area contributed by atoms with E-state index in [1.54, 1.807) is 0 Å². The Morgan fingerprint density at radius 3 is 1.47 bits per heavy atom. The largest absolute Gasteiger partial charge is 0.344 e. The number of nitrogens with zero attached hydrogens (tertiary/aromatic N) is 4. The second-order valence-corrected chi connectivity index (χ2v) is 15.2. The third-order valence-electron chi connectivity index (χ3n) is 11.1. The number of H-pyrrole nitrogens is 2. The molecule has 2 aliphatic heterocycles. The smallest absolute Gasteiger partial charge is 0.250 e. The van der Waals surface area contributed by atoms with Crippen LogP contribution in [0, 0.1) is 11.8 Å². The monoisotopic (exact) mass is 740 g/mol. The summed E-state index contributed by atoms with van der Waals surface area (Å²) in [6.07, 6.45) is 15.5. The van der Waals surface area contributed by atoms with Crippen molar-refractivity contribution in [2.75, 3.05) is 13.1 Å². The lowest BCUT2D eigenvalue weighted by Crippen LogP contribution is -2.43. The van der Waals surface area contributed by atoms with Gasteiger partial charge in [-0.05, 0) is 74.6 Å². The minimum absolute atomic E-state index is 0.00677. The van der Waals surface area contributed by atoms with Gasteiger partial charge in [-0.2, -0.15) is 0 Å². The van der Waals surface area contributed by atoms with Crippen LogP contribution in [0.4, 0.5) is 0 Å². The van der Waals surface area contributed by atoms with Crippen LogP contribution in [0.25, 0.3) is 0 Å². The third-order valence-corrected chi connectivity index (χ3v) is 11.1. The van der Waals surface area contributed by atoms with Crippen molar-refractivity contribution in [3.63, 3.8) is 0 Å². The second-order valence-electron chi connectivity index (χ2n) is 15.2. The Labute approximate surface area is 320 Å². The normalized spacial score (nSPS) is 20.4. The maximum absolute atomic E-state index is 13.9. The molecular weight excluding hydrogens is 693 g/mol. The summed E-state index contributed by atoms with van der Waals surface area (Å²) in [5.74, 6) is 1.20. The molecule has 8 rings (SSSR count). The Bertz CT molecular complexity index is 1920. The molecule has 0 spiro atoms. The standard InChI is InChI=1S/C43H48N8O4/c52-40(30-20-21-30)48-36(28-12-4-1-5-13-28)42(54)50-24-10-18-34(50)38-44-26-32(46-38)16-8-3-9-17-33-27-45-39(47-33)35-19-11-25-51(35)43(55)37(29-14-6-2-7-15-29)49-41(53)31-22-23-31/h1-2,4-9,12-15,26-27,30-31,34-37H,10-11,16-25H2,(H,44,46)(H,45,47)(H,48,52)(H,49,53). The number of rotatable bonds is 14. The lowest BCUT2D eigenvalue weighted by molar-refractivity contribution is -0.138. The number of aromatic nitrogens is 4. The van der Waals surface area contributed by atoms with Crippen molar-refractivity contribution in [2.45, 2.75) is 88.4 Å². The molecule has 4 aromatic rings. The number of benzene rings is 2. The average molecular weight is 741 g/mol. The zero-order valence-corrected chi connectivity index (χ0v) is 31.0. The van der Waals surface area contributed by atoms with E-state index in [1.165, 1.54) is 0 Å². The highest BCUT2D eigenvalue weighted by Gasteiger charge is 2.40. The molecule has 4 atom stereocenters. The third kappa shape index (κ3) is 8.49. The van der Waals surface area contributed by atoms with E-state index in [0.717, 1.165) is 85.5 Å². The molecule has 2 saturated heterocycles. The summed E-state index contributed by atoms with van der Waals surface area (Å²) in [4.78, 5) is 73.3. The SMILES string of the molecule is O=C(NC(C(=O)N1CCCC1c1ncc(CC=C=CCc2cnc(C3CCCN3C(=O)C(NC(=O)C3CC3)c3ccccc3)[nH]2)[nH]1)c1ccccc1)C1CC1. The zero-order valence-electron chi connectivity index (χ0n) is 31.0. The molecule has 12 nitrogen and oxygen atoms in total. The van der Waals surface area contributed by atoms with Gasteiger partial charge in [0.1, 0.15) is 23.7 Å². The molecule has 0 radical (unpaired) electrons. The Morgan fingerprint density at radius 1 is 0.655 bits per heavy atom. The van der Waals surface area contributed by atoms with E-state index in [2.05, 4.69) is 36.3 Å². The van der Waals surface area contributed by atoms with Gasteiger partial charge in [-0.3, -0.25) is 19.2 Å². The maximum atomic E-state index is 13.9. The molecular formula is C43H48N8O4. The highest BCUT2D eigenvalue weighted by atomic mass is 16.2. The quantitative estimate of drug-likeness (QED) is 0.125. The van der Waals surface area contributed by atoms with Crippen LogP contribution >= 0.6 is 0 Å². The van der Waals surface area contributed by atoms with Crippen LogP contribution in [-0.4, -0.2) is 66.5 Å². The Morgan fingerprint density at radius 2 is 1.07 bits per heavy atom. The molecule has 2 aromatic heterocycles. The topological polar surface area (TPSA) is 156 Å². The van der Waals surface area contributed by atoms with Crippen molar-refractivity contribution < 1.29 is 19.2 Å². The van der Waals surface area contributed by atoms with Gasteiger partial charge in [0.2, 0.25) is 23.6 Å². The van der Waals surface area contributed by atoms with E-state index in [1.807, 2.05) is 95.0 Å². The number of imidazole rings is 2. The van der Waals surface area contributed by atoms with Gasteiger partial charge in [-0.15, -0.1) is 5.73 Å². The first-order chi connectivity index (χ1) is 26.9. The Balaban J connectivity index is 0.869. The number of amides is 4. The number of aromatic amines is 2. The van der Waals surface area contributed by atoms with Crippen molar-refractivity contribution >= 4 is 23.6 Å². The van der Waals surface area contributed by atoms with Crippen molar-refractivity contribution in [3.05, 3.63) is 125 Å². The van der Waals surface area contributed by atoms with Gasteiger partial charge in [-0.1, -0.05) is 60.7 Å². The fourth-order valence-corrected chi connectivity index (χ4v) is 7.76. The number of hydrogen-bond acceptors (Lipinski definition) is 6. The van der Waals surface area contributed by atoms with Crippen molar-refractivity contribution in [1.82, 2.24) is 40.4 Å². The molecule has 2 aliphatic carbocycles. The van der Waals surface area contributed by atoms with Crippen LogP contribution in [0.2, 0.25) is 0 Å². The predicted molar refractivity (Wildman–Crippen MR) is 205 cm³/mol. The van der Waals surface area contributed by atoms with E-state index in [4.69, 9.17) is 0 Å². The average Bonchev–Trinajstić information content (AvgIpc) is 3.99. The Hall–Kier alpha value is -5.74. The molecule has 4 heterocycles. The summed E-state index contributed by atoms with van der Waals surface area (Å²) < 4.78 is 0. The van der Waals surface area contributed by atoms with Gasteiger partial charge >= 0.3 is 0 Å². The number of allylic oxidation sites excluding steroid dienone is 1. The van der Waals surface area contributed by atoms with Gasteiger partial charge in [0.25, 0.3) is 0 Å². The van der Waals surface area contributed by atoms with Gasteiger partial charge in [0, 0.05) is 61.5 Å². The summed E-state index contributed by atoms with van der Waals surface area (Å²) in [6, 6.07) is 17.1. The van der Waals surface area contributed by atoms with Crippen LogP contribution in [0.5, 0.6) is 0 Å². The summed E-state index contributed by atoms with van der Waals surface area (Å²) in [5, 5.41) is 6.06. The van der Waals surface area contributed by atoms with E-state index in [9.17, 15) is 19.2 Å². The van der Waals surface area contributed by atoms with E-state index < -0.39 is 12.1 Å². The fourth-order valence-electron chi connectivity index (χ4n) is 7.76. The van der Waals surface area contributed by atoms with Crippen LogP contribution in [0.1, 0.15) is 110 Å². The first-order valence-electron chi connectivity index (χ1n) is 19.7. The molecule has 4 fully saturated rings. The molecule has 4 aliphatic rings. The number of likely N-dealkylation sites (tertiary alicyclic amines) is 2. The molecule has 4 N–H and O–H groups in total. The summed E-state index contributed by atoms with van der Waals surface area (Å²) in [7, 11) is 0. The van der Waals surface area contributed by atoms with Crippen LogP contribution in [-0.2, 0) is 32.0 Å². The molecule has 284 valence electrons. The van der Waals surface area contributed by atoms with Gasteiger partial charge in [0.15, 0.2) is 0 Å². The number of nitrogens with one attached hydrogen (secondary N) is 4. The second kappa shape index (κ2) is 16.3. The summed E-state index contributed by atoms with van der Waals surface area (Å²) in [5.41, 5.74) is 6.69. The Kier molecular flexibility index (Phi) is 10.8. The van der Waals surface area contributed by atoms with Crippen LogP contribution in [0.3, 0.4) is 0 Å². The predicted octanol–water partition coefficient (Wildman–Crippen LogP) is 5.49. The molecule has 0 bridgehead atoms. The maximum Gasteiger partial charge on any atom is 0.250 e. The van der Waals surface area contributed by atoms with Crippen LogP contribution < -0.4 is 10.6 Å². The van der Waals surface area contributed by atoms with Crippen molar-refractivity contribution in [2.24, 2.45) is 11.8 Å². The number of hydrogen-bond donors (Lipinski definition) is 4.